The van der Waals surface area contributed by atoms with Gasteiger partial charge in [-0.15, -0.1) is 0 Å². The molecule has 25 heavy (non-hydrogen) atoms. The number of Topliss-reactive ketones (excluding diaryl/α,β-unsaturated/α-hetero) is 1. The number of anilines is 1. The number of aliphatic carboxylic acids is 1. The van der Waals surface area contributed by atoms with Gasteiger partial charge in [-0.2, -0.15) is 0 Å². The molecule has 0 saturated carbocycles. The first kappa shape index (κ1) is 19.0. The Labute approximate surface area is 147 Å². The molecule has 0 radical (unpaired) electrons. The van der Waals surface area contributed by atoms with Crippen molar-refractivity contribution in [2.24, 2.45) is 5.92 Å². The summed E-state index contributed by atoms with van der Waals surface area (Å²) in [6, 6.07) is 3.91. The third-order valence-corrected chi connectivity index (χ3v) is 4.34. The van der Waals surface area contributed by atoms with Gasteiger partial charge >= 0.3 is 5.97 Å². The van der Waals surface area contributed by atoms with E-state index >= 15 is 0 Å². The first-order chi connectivity index (χ1) is 11.8. The van der Waals surface area contributed by atoms with Crippen LogP contribution in [0.1, 0.15) is 57.3 Å². The third kappa shape index (κ3) is 3.67. The number of hydrogen-bond acceptors (Lipinski definition) is 4. The van der Waals surface area contributed by atoms with E-state index in [1.807, 2.05) is 20.8 Å². The Morgan fingerprint density at radius 1 is 1.28 bits per heavy atom. The highest BCUT2D eigenvalue weighted by atomic mass is 16.5. The van der Waals surface area contributed by atoms with Crippen LogP contribution in [0.25, 0.3) is 0 Å². The highest BCUT2D eigenvalue weighted by Gasteiger charge is 2.41. The minimum atomic E-state index is -1.07. The molecule has 0 bridgehead atoms. The van der Waals surface area contributed by atoms with Crippen molar-refractivity contribution in [2.45, 2.75) is 59.1 Å². The van der Waals surface area contributed by atoms with Crippen LogP contribution in [0.15, 0.2) is 18.2 Å². The number of carbonyl (C=O) groups is 3. The lowest BCUT2D eigenvalue weighted by Gasteiger charge is -2.38. The van der Waals surface area contributed by atoms with Crippen LogP contribution in [-0.2, 0) is 9.59 Å². The number of rotatable bonds is 7. The number of carboxylic acid groups (broad SMARTS) is 1. The van der Waals surface area contributed by atoms with Gasteiger partial charge < -0.3 is 9.84 Å². The Morgan fingerprint density at radius 3 is 2.48 bits per heavy atom. The molecule has 2 unspecified atom stereocenters. The summed E-state index contributed by atoms with van der Waals surface area (Å²) in [6.45, 7) is 7.34. The summed E-state index contributed by atoms with van der Waals surface area (Å²) < 4.78 is 5.81. The number of benzene rings is 1. The van der Waals surface area contributed by atoms with Gasteiger partial charge in [-0.1, -0.05) is 27.7 Å². The summed E-state index contributed by atoms with van der Waals surface area (Å²) in [5, 5.41) is 9.55. The summed E-state index contributed by atoms with van der Waals surface area (Å²) in [5.74, 6) is -1.15. The molecule has 1 aliphatic rings. The van der Waals surface area contributed by atoms with Crippen LogP contribution in [0.3, 0.4) is 0 Å². The molecule has 0 fully saturated rings. The van der Waals surface area contributed by atoms with Crippen LogP contribution in [0.4, 0.5) is 5.69 Å². The van der Waals surface area contributed by atoms with Crippen molar-refractivity contribution in [1.82, 2.24) is 0 Å². The molecular formula is C19H25NO5. The van der Waals surface area contributed by atoms with Gasteiger partial charge in [-0.3, -0.25) is 14.5 Å². The van der Waals surface area contributed by atoms with Gasteiger partial charge in [0.25, 0.3) is 5.91 Å². The van der Waals surface area contributed by atoms with Crippen LogP contribution < -0.4 is 9.64 Å². The summed E-state index contributed by atoms with van der Waals surface area (Å²) >= 11 is 0. The van der Waals surface area contributed by atoms with E-state index in [0.717, 1.165) is 6.42 Å². The fourth-order valence-electron chi connectivity index (χ4n) is 3.00. The van der Waals surface area contributed by atoms with E-state index < -0.39 is 18.1 Å². The smallest absolute Gasteiger partial charge is 0.326 e. The van der Waals surface area contributed by atoms with Crippen LogP contribution in [0.5, 0.6) is 5.75 Å². The van der Waals surface area contributed by atoms with Crippen LogP contribution in [0.2, 0.25) is 0 Å². The molecule has 136 valence electrons. The number of carbonyl (C=O) groups excluding carboxylic acids is 2. The Morgan fingerprint density at radius 2 is 1.96 bits per heavy atom. The maximum absolute atomic E-state index is 12.9. The fourth-order valence-corrected chi connectivity index (χ4v) is 3.00. The molecule has 1 N–H and O–H groups in total. The number of ketones is 1. The van der Waals surface area contributed by atoms with E-state index in [0.29, 0.717) is 23.4 Å². The van der Waals surface area contributed by atoms with Crippen molar-refractivity contribution in [1.29, 1.82) is 0 Å². The molecule has 2 atom stereocenters. The summed E-state index contributed by atoms with van der Waals surface area (Å²) in [4.78, 5) is 38.1. The standard InChI is InChI=1S/C19H25NO5/c1-5-7-15(21)12-8-9-16-14(10-12)20(13(6-2)19(23)24)18(22)17(25-16)11(3)4/h8-11,13,17H,5-7H2,1-4H3,(H,23,24). The molecule has 0 aromatic heterocycles. The quantitative estimate of drug-likeness (QED) is 0.765. The van der Waals surface area contributed by atoms with E-state index in [1.165, 1.54) is 4.90 Å². The number of fused-ring (bicyclic) bond motifs is 1. The molecule has 0 spiro atoms. The van der Waals surface area contributed by atoms with Gasteiger partial charge in [-0.25, -0.2) is 4.79 Å². The highest BCUT2D eigenvalue weighted by molar-refractivity contribution is 6.06. The predicted molar refractivity (Wildman–Crippen MR) is 94.1 cm³/mol. The third-order valence-electron chi connectivity index (χ3n) is 4.34. The normalized spacial score (nSPS) is 17.9. The van der Waals surface area contributed by atoms with E-state index in [2.05, 4.69) is 0 Å². The molecule has 1 heterocycles. The molecule has 1 aromatic rings. The van der Waals surface area contributed by atoms with Gasteiger partial charge in [-0.05, 0) is 37.0 Å². The maximum atomic E-state index is 12.9. The van der Waals surface area contributed by atoms with Crippen LogP contribution in [0, 0.1) is 5.92 Å². The minimum absolute atomic E-state index is 0.0351. The molecule has 1 aliphatic heterocycles. The SMILES string of the molecule is CCCC(=O)c1ccc2c(c1)N(C(CC)C(=O)O)C(=O)C(C(C)C)O2. The topological polar surface area (TPSA) is 83.9 Å². The van der Waals surface area contributed by atoms with E-state index in [1.54, 1.807) is 25.1 Å². The number of carboxylic acids is 1. The highest BCUT2D eigenvalue weighted by Crippen LogP contribution is 2.38. The van der Waals surface area contributed by atoms with Gasteiger partial charge in [0.2, 0.25) is 0 Å². The number of amides is 1. The van der Waals surface area contributed by atoms with Crippen molar-refractivity contribution in [3.8, 4) is 5.75 Å². The second-order valence-electron chi connectivity index (χ2n) is 6.61. The summed E-state index contributed by atoms with van der Waals surface area (Å²) in [7, 11) is 0. The minimum Gasteiger partial charge on any atom is -0.480 e. The Bertz CT molecular complexity index is 682. The number of nitrogens with zero attached hydrogens (tertiary/aromatic N) is 1. The maximum Gasteiger partial charge on any atom is 0.326 e. The largest absolute Gasteiger partial charge is 0.480 e. The van der Waals surface area contributed by atoms with E-state index in [9.17, 15) is 19.5 Å². The van der Waals surface area contributed by atoms with Crippen LogP contribution >= 0.6 is 0 Å². The van der Waals surface area contributed by atoms with Crippen molar-refractivity contribution in [2.75, 3.05) is 4.90 Å². The van der Waals surface area contributed by atoms with Gasteiger partial charge in [0.05, 0.1) is 5.69 Å². The fraction of sp³-hybridized carbons (Fsp3) is 0.526. The lowest BCUT2D eigenvalue weighted by molar-refractivity contribution is -0.141. The molecule has 6 heteroatoms. The Kier molecular flexibility index (Phi) is 5.82. The lowest BCUT2D eigenvalue weighted by Crippen LogP contribution is -2.54. The van der Waals surface area contributed by atoms with Gasteiger partial charge in [0.15, 0.2) is 11.9 Å². The predicted octanol–water partition coefficient (Wildman–Crippen LogP) is 3.28. The lowest BCUT2D eigenvalue weighted by atomic mass is 9.98. The molecule has 0 saturated heterocycles. The first-order valence-corrected chi connectivity index (χ1v) is 8.71. The van der Waals surface area contributed by atoms with Crippen LogP contribution in [-0.4, -0.2) is 34.9 Å². The first-order valence-electron chi connectivity index (χ1n) is 8.71. The van der Waals surface area contributed by atoms with E-state index in [4.69, 9.17) is 4.74 Å². The zero-order chi connectivity index (χ0) is 18.7. The molecule has 2 rings (SSSR count). The van der Waals surface area contributed by atoms with Gasteiger partial charge in [0.1, 0.15) is 11.8 Å². The molecule has 1 amide bonds. The van der Waals surface area contributed by atoms with Crippen molar-refractivity contribution in [3.63, 3.8) is 0 Å². The zero-order valence-corrected chi connectivity index (χ0v) is 15.1. The average molecular weight is 347 g/mol. The molecular weight excluding hydrogens is 322 g/mol. The zero-order valence-electron chi connectivity index (χ0n) is 15.1. The molecule has 6 nitrogen and oxygen atoms in total. The molecule has 1 aromatic carbocycles. The van der Waals surface area contributed by atoms with Gasteiger partial charge in [0, 0.05) is 12.0 Å². The van der Waals surface area contributed by atoms with Crippen molar-refractivity contribution >= 4 is 23.3 Å². The number of ether oxygens (including phenoxy) is 1. The summed E-state index contributed by atoms with van der Waals surface area (Å²) in [5.41, 5.74) is 0.823. The second kappa shape index (κ2) is 7.68. The van der Waals surface area contributed by atoms with Crippen molar-refractivity contribution < 1.29 is 24.2 Å². The average Bonchev–Trinajstić information content (AvgIpc) is 2.56. The molecule has 0 aliphatic carbocycles. The monoisotopic (exact) mass is 347 g/mol. The Balaban J connectivity index is 2.56. The Hall–Kier alpha value is -2.37. The second-order valence-corrected chi connectivity index (χ2v) is 6.61. The number of hydrogen-bond donors (Lipinski definition) is 1. The van der Waals surface area contributed by atoms with E-state index in [-0.39, 0.29) is 24.0 Å². The summed E-state index contributed by atoms with van der Waals surface area (Å²) in [6.07, 6.45) is 0.645. The van der Waals surface area contributed by atoms with Crippen molar-refractivity contribution in [3.05, 3.63) is 23.8 Å².